The molecule has 0 aromatic heterocycles. The molecule has 0 unspecified atom stereocenters. The van der Waals surface area contributed by atoms with Crippen molar-refractivity contribution in [2.24, 2.45) is 5.14 Å². The maximum Gasteiger partial charge on any atom is 0.258 e. The molecule has 0 radical (unpaired) electrons. The molecule has 128 valence electrons. The molecule has 0 heterocycles. The van der Waals surface area contributed by atoms with Crippen molar-refractivity contribution >= 4 is 15.9 Å². The summed E-state index contributed by atoms with van der Waals surface area (Å²) in [6.45, 7) is 0.311. The highest BCUT2D eigenvalue weighted by atomic mass is 32.2. The zero-order valence-corrected chi connectivity index (χ0v) is 13.8. The number of ether oxygens (including phenoxy) is 1. The van der Waals surface area contributed by atoms with Crippen LogP contribution in [-0.4, -0.2) is 33.1 Å². The molecule has 2 rings (SSSR count). The Morgan fingerprint density at radius 1 is 1.21 bits per heavy atom. The lowest BCUT2D eigenvalue weighted by Crippen LogP contribution is -2.26. The van der Waals surface area contributed by atoms with Crippen molar-refractivity contribution < 1.29 is 23.1 Å². The Labute approximate surface area is 140 Å². The van der Waals surface area contributed by atoms with E-state index in [0.29, 0.717) is 13.0 Å². The molecule has 4 N–H and O–H groups in total. The number of methoxy groups -OCH3 is 1. The number of sulfonamides is 1. The van der Waals surface area contributed by atoms with Crippen LogP contribution < -0.4 is 15.2 Å². The smallest absolute Gasteiger partial charge is 0.258 e. The summed E-state index contributed by atoms with van der Waals surface area (Å²) >= 11 is 0. The van der Waals surface area contributed by atoms with Gasteiger partial charge in [0.1, 0.15) is 17.1 Å². The topological polar surface area (TPSA) is 119 Å². The first-order valence-corrected chi connectivity index (χ1v) is 8.63. The number of aromatic hydroxyl groups is 1. The lowest BCUT2D eigenvalue weighted by atomic mass is 10.1. The first-order valence-electron chi connectivity index (χ1n) is 7.09. The van der Waals surface area contributed by atoms with E-state index >= 15 is 0 Å². The van der Waals surface area contributed by atoms with Crippen molar-refractivity contribution in [2.45, 2.75) is 11.3 Å². The van der Waals surface area contributed by atoms with Gasteiger partial charge in [0.2, 0.25) is 10.0 Å². The summed E-state index contributed by atoms with van der Waals surface area (Å²) in [6, 6.07) is 10.7. The van der Waals surface area contributed by atoms with Crippen molar-refractivity contribution in [3.05, 3.63) is 53.6 Å². The van der Waals surface area contributed by atoms with Gasteiger partial charge in [-0.05, 0) is 36.2 Å². The van der Waals surface area contributed by atoms with Crippen LogP contribution in [0.3, 0.4) is 0 Å². The lowest BCUT2D eigenvalue weighted by molar-refractivity contribution is 0.0948. The Morgan fingerprint density at radius 3 is 2.46 bits per heavy atom. The molecule has 2 aromatic carbocycles. The molecule has 24 heavy (non-hydrogen) atoms. The summed E-state index contributed by atoms with van der Waals surface area (Å²) in [6.07, 6.45) is 0.493. The number of carbonyl (C=O) groups is 1. The van der Waals surface area contributed by atoms with Gasteiger partial charge in [0.05, 0.1) is 12.0 Å². The van der Waals surface area contributed by atoms with E-state index in [4.69, 9.17) is 9.88 Å². The van der Waals surface area contributed by atoms with E-state index in [0.717, 1.165) is 5.56 Å². The second kappa shape index (κ2) is 7.33. The molecule has 0 aliphatic rings. The van der Waals surface area contributed by atoms with Crippen LogP contribution in [0.15, 0.2) is 47.4 Å². The lowest BCUT2D eigenvalue weighted by Gasteiger charge is -2.11. The van der Waals surface area contributed by atoms with Gasteiger partial charge >= 0.3 is 0 Å². The van der Waals surface area contributed by atoms with Crippen LogP contribution in [0.4, 0.5) is 0 Å². The number of rotatable bonds is 6. The third-order valence-electron chi connectivity index (χ3n) is 3.40. The predicted molar refractivity (Wildman–Crippen MR) is 88.5 cm³/mol. The highest BCUT2D eigenvalue weighted by Crippen LogP contribution is 2.26. The Hall–Kier alpha value is -2.58. The summed E-state index contributed by atoms with van der Waals surface area (Å²) < 4.78 is 27.4. The number of phenolic OH excluding ortho intramolecular Hbond substituents is 1. The molecule has 2 aromatic rings. The summed E-state index contributed by atoms with van der Waals surface area (Å²) in [4.78, 5) is 12.2. The predicted octanol–water partition coefficient (Wildman–Crippen LogP) is 1.02. The minimum Gasteiger partial charge on any atom is -0.507 e. The van der Waals surface area contributed by atoms with Crippen molar-refractivity contribution in [2.75, 3.05) is 13.7 Å². The van der Waals surface area contributed by atoms with E-state index in [1.807, 2.05) is 0 Å². The highest BCUT2D eigenvalue weighted by molar-refractivity contribution is 7.89. The average molecular weight is 350 g/mol. The van der Waals surface area contributed by atoms with Crippen LogP contribution in [0, 0.1) is 0 Å². The fourth-order valence-electron chi connectivity index (χ4n) is 2.17. The van der Waals surface area contributed by atoms with Gasteiger partial charge in [0, 0.05) is 6.54 Å². The van der Waals surface area contributed by atoms with Crippen molar-refractivity contribution in [1.82, 2.24) is 5.32 Å². The number of amides is 1. The Balaban J connectivity index is 1.98. The molecule has 0 atom stereocenters. The third kappa shape index (κ3) is 4.24. The molecule has 1 amide bonds. The molecule has 7 nitrogen and oxygen atoms in total. The van der Waals surface area contributed by atoms with Gasteiger partial charge in [0.25, 0.3) is 5.91 Å². The second-order valence-corrected chi connectivity index (χ2v) is 6.61. The second-order valence-electron chi connectivity index (χ2n) is 5.05. The van der Waals surface area contributed by atoms with Crippen molar-refractivity contribution in [3.8, 4) is 11.5 Å². The SMILES string of the molecule is COc1cccc(O)c1C(=O)NCCc1ccc(S(N)(=O)=O)cc1. The van der Waals surface area contributed by atoms with Crippen LogP contribution in [0.5, 0.6) is 11.5 Å². The Morgan fingerprint density at radius 2 is 1.88 bits per heavy atom. The first-order chi connectivity index (χ1) is 11.3. The maximum atomic E-state index is 12.2. The normalized spacial score (nSPS) is 11.1. The van der Waals surface area contributed by atoms with Gasteiger partial charge in [-0.1, -0.05) is 18.2 Å². The van der Waals surface area contributed by atoms with Crippen LogP contribution in [-0.2, 0) is 16.4 Å². The number of phenols is 1. The zero-order chi connectivity index (χ0) is 17.7. The summed E-state index contributed by atoms with van der Waals surface area (Å²) in [7, 11) is -2.30. The number of nitrogens with two attached hydrogens (primary N) is 1. The van der Waals surface area contributed by atoms with E-state index < -0.39 is 15.9 Å². The number of benzene rings is 2. The van der Waals surface area contributed by atoms with E-state index in [1.54, 1.807) is 24.3 Å². The fourth-order valence-corrected chi connectivity index (χ4v) is 2.69. The minimum absolute atomic E-state index is 0.0363. The molecule has 0 aliphatic carbocycles. The number of carbonyl (C=O) groups excluding carboxylic acids is 1. The van der Waals surface area contributed by atoms with Gasteiger partial charge in [-0.3, -0.25) is 4.79 Å². The number of primary sulfonamides is 1. The van der Waals surface area contributed by atoms with E-state index in [-0.39, 0.29) is 22.0 Å². The van der Waals surface area contributed by atoms with Gasteiger partial charge in [-0.2, -0.15) is 0 Å². The van der Waals surface area contributed by atoms with Crippen LogP contribution >= 0.6 is 0 Å². The van der Waals surface area contributed by atoms with Gasteiger partial charge < -0.3 is 15.2 Å². The molecule has 8 heteroatoms. The maximum absolute atomic E-state index is 12.2. The Kier molecular flexibility index (Phi) is 5.42. The molecular weight excluding hydrogens is 332 g/mol. The van der Waals surface area contributed by atoms with Gasteiger partial charge in [-0.15, -0.1) is 0 Å². The van der Waals surface area contributed by atoms with E-state index in [2.05, 4.69) is 5.32 Å². The van der Waals surface area contributed by atoms with E-state index in [9.17, 15) is 18.3 Å². The number of hydrogen-bond donors (Lipinski definition) is 3. The van der Waals surface area contributed by atoms with Crippen molar-refractivity contribution in [1.29, 1.82) is 0 Å². The third-order valence-corrected chi connectivity index (χ3v) is 4.33. The Bertz CT molecular complexity index is 832. The average Bonchev–Trinajstić information content (AvgIpc) is 2.54. The van der Waals surface area contributed by atoms with Crippen LogP contribution in [0.2, 0.25) is 0 Å². The van der Waals surface area contributed by atoms with Crippen LogP contribution in [0.25, 0.3) is 0 Å². The molecule has 0 fully saturated rings. The largest absolute Gasteiger partial charge is 0.507 e. The summed E-state index contributed by atoms with van der Waals surface area (Å²) in [5.41, 5.74) is 0.913. The van der Waals surface area contributed by atoms with Crippen molar-refractivity contribution in [3.63, 3.8) is 0 Å². The highest BCUT2D eigenvalue weighted by Gasteiger charge is 2.16. The van der Waals surface area contributed by atoms with Gasteiger partial charge in [0.15, 0.2) is 0 Å². The van der Waals surface area contributed by atoms with Crippen LogP contribution in [0.1, 0.15) is 15.9 Å². The summed E-state index contributed by atoms with van der Waals surface area (Å²) in [5, 5.41) is 17.5. The minimum atomic E-state index is -3.71. The molecule has 0 saturated heterocycles. The number of hydrogen-bond acceptors (Lipinski definition) is 5. The first kappa shape index (κ1) is 17.8. The fraction of sp³-hybridized carbons (Fsp3) is 0.188. The standard InChI is InChI=1S/C16H18N2O5S/c1-23-14-4-2-3-13(19)15(14)16(20)18-10-9-11-5-7-12(8-6-11)24(17,21)22/h2-8,19H,9-10H2,1H3,(H,18,20)(H2,17,21,22). The molecule has 0 saturated carbocycles. The molecule has 0 bridgehead atoms. The van der Waals surface area contributed by atoms with E-state index in [1.165, 1.54) is 25.3 Å². The quantitative estimate of drug-likeness (QED) is 0.719. The number of nitrogens with one attached hydrogen (secondary N) is 1. The molecule has 0 aliphatic heterocycles. The zero-order valence-electron chi connectivity index (χ0n) is 13.0. The molecule has 0 spiro atoms. The van der Waals surface area contributed by atoms with Gasteiger partial charge in [-0.25, -0.2) is 13.6 Å². The summed E-state index contributed by atoms with van der Waals surface area (Å²) in [5.74, 6) is -0.333. The monoisotopic (exact) mass is 350 g/mol. The molecular formula is C16H18N2O5S.